The first-order chi connectivity index (χ1) is 15.8. The number of sulfonamides is 1. The fourth-order valence-corrected chi connectivity index (χ4v) is 4.86. The molecular weight excluding hydrogens is 446 g/mol. The van der Waals surface area contributed by atoms with E-state index in [2.05, 4.69) is 9.97 Å². The molecule has 9 nitrogen and oxygen atoms in total. The fourth-order valence-electron chi connectivity index (χ4n) is 3.34. The number of aromatic amines is 1. The summed E-state index contributed by atoms with van der Waals surface area (Å²) in [6.45, 7) is 0. The fraction of sp³-hybridized carbons (Fsp3) is 0.0870. The van der Waals surface area contributed by atoms with Gasteiger partial charge in [-0.05, 0) is 54.6 Å². The molecule has 0 aliphatic rings. The third kappa shape index (κ3) is 4.15. The Morgan fingerprint density at radius 3 is 2.55 bits per heavy atom. The maximum Gasteiger partial charge on any atom is 0.337 e. The summed E-state index contributed by atoms with van der Waals surface area (Å²) in [6.07, 6.45) is 2.82. The van der Waals surface area contributed by atoms with Gasteiger partial charge in [0.05, 0.1) is 36.6 Å². The molecule has 0 saturated heterocycles. The molecule has 0 amide bonds. The van der Waals surface area contributed by atoms with Crippen molar-refractivity contribution in [3.8, 4) is 5.75 Å². The van der Waals surface area contributed by atoms with E-state index in [1.54, 1.807) is 24.3 Å². The lowest BCUT2D eigenvalue weighted by Gasteiger charge is -2.24. The summed E-state index contributed by atoms with van der Waals surface area (Å²) < 4.78 is 38.4. The second-order valence-corrected chi connectivity index (χ2v) is 8.72. The zero-order chi connectivity index (χ0) is 23.6. The molecule has 4 rings (SSSR count). The van der Waals surface area contributed by atoms with Gasteiger partial charge in [0.2, 0.25) is 0 Å². The number of carbonyl (C=O) groups excluding carboxylic acids is 1. The number of aromatic nitrogens is 2. The minimum absolute atomic E-state index is 0.0573. The number of carbonyl (C=O) groups is 1. The van der Waals surface area contributed by atoms with Crippen LogP contribution in [0.3, 0.4) is 0 Å². The minimum atomic E-state index is -4.34. The summed E-state index contributed by atoms with van der Waals surface area (Å²) in [6, 6.07) is 15.0. The van der Waals surface area contributed by atoms with Gasteiger partial charge in [-0.1, -0.05) is 6.07 Å². The summed E-state index contributed by atoms with van der Waals surface area (Å²) in [5.74, 6) is -0.141. The van der Waals surface area contributed by atoms with Crippen molar-refractivity contribution >= 4 is 38.3 Å². The lowest BCUT2D eigenvalue weighted by molar-refractivity contribution is 0.0600. The zero-order valence-electron chi connectivity index (χ0n) is 17.7. The van der Waals surface area contributed by atoms with Crippen molar-refractivity contribution in [2.75, 3.05) is 18.5 Å². The number of pyridine rings is 2. The SMILES string of the molecule is COC(=O)c1cccc(S(=O)(=O)N(c2cccnc2)c2cc3cc(OC)ccc3[nH]c2=O)c1. The van der Waals surface area contributed by atoms with Gasteiger partial charge in [-0.25, -0.2) is 17.5 Å². The number of esters is 1. The second kappa shape index (κ2) is 8.75. The quantitative estimate of drug-likeness (QED) is 0.434. The lowest BCUT2D eigenvalue weighted by Crippen LogP contribution is -2.31. The lowest BCUT2D eigenvalue weighted by atomic mass is 10.2. The van der Waals surface area contributed by atoms with Gasteiger partial charge in [-0.15, -0.1) is 0 Å². The first-order valence-corrected chi connectivity index (χ1v) is 11.1. The van der Waals surface area contributed by atoms with E-state index in [1.165, 1.54) is 63.0 Å². The first-order valence-electron chi connectivity index (χ1n) is 9.70. The highest BCUT2D eigenvalue weighted by atomic mass is 32.2. The summed E-state index contributed by atoms with van der Waals surface area (Å²) >= 11 is 0. The third-order valence-corrected chi connectivity index (χ3v) is 6.66. The number of nitrogens with zero attached hydrogens (tertiary/aromatic N) is 2. The molecule has 0 aliphatic heterocycles. The molecule has 168 valence electrons. The molecule has 10 heteroatoms. The smallest absolute Gasteiger partial charge is 0.337 e. The van der Waals surface area contributed by atoms with E-state index >= 15 is 0 Å². The molecule has 2 aromatic carbocycles. The van der Waals surface area contributed by atoms with Crippen molar-refractivity contribution in [3.05, 3.63) is 89.0 Å². The normalized spacial score (nSPS) is 11.2. The van der Waals surface area contributed by atoms with Gasteiger partial charge in [0.15, 0.2) is 0 Å². The number of benzene rings is 2. The predicted octanol–water partition coefficient (Wildman–Crippen LogP) is 3.25. The molecule has 0 bridgehead atoms. The molecule has 2 heterocycles. The van der Waals surface area contributed by atoms with Gasteiger partial charge >= 0.3 is 5.97 Å². The maximum absolute atomic E-state index is 13.8. The predicted molar refractivity (Wildman–Crippen MR) is 122 cm³/mol. The van der Waals surface area contributed by atoms with Crippen LogP contribution in [0.2, 0.25) is 0 Å². The maximum atomic E-state index is 13.8. The van der Waals surface area contributed by atoms with Crippen molar-refractivity contribution in [3.63, 3.8) is 0 Å². The van der Waals surface area contributed by atoms with Crippen LogP contribution >= 0.6 is 0 Å². The molecule has 0 fully saturated rings. The van der Waals surface area contributed by atoms with E-state index in [9.17, 15) is 18.0 Å². The number of hydrogen-bond donors (Lipinski definition) is 1. The van der Waals surface area contributed by atoms with E-state index in [0.29, 0.717) is 16.7 Å². The monoisotopic (exact) mass is 465 g/mol. The Hall–Kier alpha value is -4.18. The third-order valence-electron chi connectivity index (χ3n) is 4.92. The molecule has 0 atom stereocenters. The van der Waals surface area contributed by atoms with Crippen molar-refractivity contribution in [1.29, 1.82) is 0 Å². The molecule has 2 aromatic heterocycles. The Morgan fingerprint density at radius 1 is 1.03 bits per heavy atom. The van der Waals surface area contributed by atoms with Crippen molar-refractivity contribution in [1.82, 2.24) is 9.97 Å². The van der Waals surface area contributed by atoms with Crippen LogP contribution in [-0.2, 0) is 14.8 Å². The van der Waals surface area contributed by atoms with Crippen LogP contribution in [0.15, 0.2) is 82.7 Å². The zero-order valence-corrected chi connectivity index (χ0v) is 18.5. The number of anilines is 2. The number of rotatable bonds is 6. The Morgan fingerprint density at radius 2 is 1.85 bits per heavy atom. The van der Waals surface area contributed by atoms with Crippen molar-refractivity contribution in [2.45, 2.75) is 4.90 Å². The average Bonchev–Trinajstić information content (AvgIpc) is 2.84. The molecule has 0 radical (unpaired) electrons. The van der Waals surface area contributed by atoms with E-state index in [4.69, 9.17) is 9.47 Å². The molecule has 0 spiro atoms. The highest BCUT2D eigenvalue weighted by molar-refractivity contribution is 7.93. The number of ether oxygens (including phenoxy) is 2. The average molecular weight is 465 g/mol. The van der Waals surface area contributed by atoms with Crippen LogP contribution in [0.4, 0.5) is 11.4 Å². The van der Waals surface area contributed by atoms with Gasteiger partial charge < -0.3 is 14.5 Å². The van der Waals surface area contributed by atoms with Crippen LogP contribution in [0, 0.1) is 0 Å². The van der Waals surface area contributed by atoms with Gasteiger partial charge in [0.1, 0.15) is 11.4 Å². The number of hydrogen-bond acceptors (Lipinski definition) is 7. The van der Waals surface area contributed by atoms with E-state index < -0.39 is 21.6 Å². The topological polar surface area (TPSA) is 119 Å². The largest absolute Gasteiger partial charge is 0.497 e. The molecule has 4 aromatic rings. The van der Waals surface area contributed by atoms with Gasteiger partial charge in [0, 0.05) is 17.1 Å². The van der Waals surface area contributed by atoms with Crippen LogP contribution in [-0.4, -0.2) is 38.6 Å². The van der Waals surface area contributed by atoms with E-state index in [0.717, 1.165) is 4.31 Å². The van der Waals surface area contributed by atoms with Crippen molar-refractivity contribution < 1.29 is 22.7 Å². The summed E-state index contributed by atoms with van der Waals surface area (Å²) in [7, 11) is -1.63. The van der Waals surface area contributed by atoms with Gasteiger partial charge in [-0.2, -0.15) is 0 Å². The molecule has 1 N–H and O–H groups in total. The summed E-state index contributed by atoms with van der Waals surface area (Å²) in [4.78, 5) is 31.5. The van der Waals surface area contributed by atoms with Crippen LogP contribution in [0.25, 0.3) is 10.9 Å². The van der Waals surface area contributed by atoms with Crippen LogP contribution in [0.1, 0.15) is 10.4 Å². The Balaban J connectivity index is 1.97. The highest BCUT2D eigenvalue weighted by Gasteiger charge is 2.30. The molecular formula is C23H19N3O6S. The number of H-pyrrole nitrogens is 1. The standard InChI is InChI=1S/C23H19N3O6S/c1-31-18-8-9-20-16(11-18)13-21(22(27)25-20)26(17-6-4-10-24-14-17)33(29,30)19-7-3-5-15(12-19)23(28)32-2/h3-14H,1-2H3,(H,25,27). The minimum Gasteiger partial charge on any atom is -0.497 e. The Kier molecular flexibility index (Phi) is 5.84. The van der Waals surface area contributed by atoms with Crippen molar-refractivity contribution in [2.24, 2.45) is 0 Å². The van der Waals surface area contributed by atoms with Crippen LogP contribution in [0.5, 0.6) is 5.75 Å². The molecule has 0 unspecified atom stereocenters. The Labute approximate surface area is 189 Å². The summed E-state index contributed by atoms with van der Waals surface area (Å²) in [5, 5.41) is 0.566. The van der Waals surface area contributed by atoms with Gasteiger partial charge in [0.25, 0.3) is 15.6 Å². The molecule has 33 heavy (non-hydrogen) atoms. The van der Waals surface area contributed by atoms with Crippen LogP contribution < -0.4 is 14.6 Å². The summed E-state index contributed by atoms with van der Waals surface area (Å²) in [5.41, 5.74) is -0.0483. The van der Waals surface area contributed by atoms with E-state index in [-0.39, 0.29) is 21.8 Å². The Bertz CT molecular complexity index is 1500. The first kappa shape index (κ1) is 22.0. The second-order valence-electron chi connectivity index (χ2n) is 6.94. The molecule has 0 saturated carbocycles. The molecule has 0 aliphatic carbocycles. The number of nitrogens with one attached hydrogen (secondary N) is 1. The van der Waals surface area contributed by atoms with Gasteiger partial charge in [-0.3, -0.25) is 9.78 Å². The number of fused-ring (bicyclic) bond motifs is 1. The number of methoxy groups -OCH3 is 2. The van der Waals surface area contributed by atoms with E-state index in [1.807, 2.05) is 0 Å². The highest BCUT2D eigenvalue weighted by Crippen LogP contribution is 2.32.